The van der Waals surface area contributed by atoms with Crippen LogP contribution in [-0.2, 0) is 22.4 Å². The van der Waals surface area contributed by atoms with Gasteiger partial charge in [0.25, 0.3) is 11.8 Å². The van der Waals surface area contributed by atoms with E-state index in [1.54, 1.807) is 18.2 Å². The predicted octanol–water partition coefficient (Wildman–Crippen LogP) is 3.04. The van der Waals surface area contributed by atoms with E-state index in [2.05, 4.69) is 5.43 Å². The summed E-state index contributed by atoms with van der Waals surface area (Å²) in [5.41, 5.74) is 6.72. The highest BCUT2D eigenvalue weighted by Crippen LogP contribution is 2.32. The van der Waals surface area contributed by atoms with Crippen molar-refractivity contribution in [1.82, 2.24) is 5.43 Å². The number of carbonyl (C=O) groups is 2. The summed E-state index contributed by atoms with van der Waals surface area (Å²) < 4.78 is 5.75. The number of ether oxygens (including phenoxy) is 1. The molecule has 1 N–H and O–H groups in total. The third-order valence-electron chi connectivity index (χ3n) is 4.73. The molecule has 2 aromatic carbocycles. The highest BCUT2D eigenvalue weighted by molar-refractivity contribution is 6.31. The van der Waals surface area contributed by atoms with Gasteiger partial charge in [-0.05, 0) is 67.7 Å². The highest BCUT2D eigenvalue weighted by Gasteiger charge is 2.34. The van der Waals surface area contributed by atoms with Crippen LogP contribution in [0.4, 0.5) is 5.69 Å². The maximum atomic E-state index is 12.8. The largest absolute Gasteiger partial charge is 0.493 e. The number of hydrogen-bond acceptors (Lipinski definition) is 3. The number of para-hydroxylation sites is 1. The second-order valence-corrected chi connectivity index (χ2v) is 6.42. The molecule has 0 bridgehead atoms. The van der Waals surface area contributed by atoms with Crippen molar-refractivity contribution in [3.63, 3.8) is 0 Å². The van der Waals surface area contributed by atoms with Crippen molar-refractivity contribution in [2.45, 2.75) is 26.2 Å². The van der Waals surface area contributed by atoms with Crippen LogP contribution in [0.25, 0.3) is 6.08 Å². The van der Waals surface area contributed by atoms with E-state index in [1.165, 1.54) is 16.1 Å². The van der Waals surface area contributed by atoms with Crippen molar-refractivity contribution in [3.8, 4) is 5.75 Å². The number of rotatable bonds is 4. The van der Waals surface area contributed by atoms with Crippen LogP contribution in [0.5, 0.6) is 5.75 Å². The van der Waals surface area contributed by atoms with E-state index in [1.807, 2.05) is 37.3 Å². The van der Waals surface area contributed by atoms with E-state index in [-0.39, 0.29) is 11.5 Å². The van der Waals surface area contributed by atoms with Gasteiger partial charge in [-0.2, -0.15) is 0 Å². The average molecular weight is 348 g/mol. The number of hydrogen-bond donors (Lipinski definition) is 1. The van der Waals surface area contributed by atoms with Crippen LogP contribution in [0.15, 0.2) is 48.0 Å². The first-order valence-corrected chi connectivity index (χ1v) is 8.88. The van der Waals surface area contributed by atoms with Crippen molar-refractivity contribution in [2.75, 3.05) is 11.6 Å². The molecule has 0 saturated carbocycles. The lowest BCUT2D eigenvalue weighted by molar-refractivity contribution is -0.117. The molecular weight excluding hydrogens is 328 g/mol. The van der Waals surface area contributed by atoms with E-state index < -0.39 is 5.91 Å². The highest BCUT2D eigenvalue weighted by atomic mass is 16.5. The molecule has 4 rings (SSSR count). The van der Waals surface area contributed by atoms with E-state index in [4.69, 9.17) is 4.74 Å². The van der Waals surface area contributed by atoms with Gasteiger partial charge in [-0.1, -0.05) is 18.2 Å². The molecule has 26 heavy (non-hydrogen) atoms. The quantitative estimate of drug-likeness (QED) is 0.682. The summed E-state index contributed by atoms with van der Waals surface area (Å²) >= 11 is 0. The van der Waals surface area contributed by atoms with E-state index in [0.717, 1.165) is 30.6 Å². The number of nitrogens with one attached hydrogen (secondary N) is 1. The summed E-state index contributed by atoms with van der Waals surface area (Å²) in [6.07, 6.45) is 4.84. The third-order valence-corrected chi connectivity index (χ3v) is 4.73. The zero-order valence-corrected chi connectivity index (χ0v) is 14.6. The summed E-state index contributed by atoms with van der Waals surface area (Å²) in [6, 6.07) is 13.2. The Morgan fingerprint density at radius 3 is 2.58 bits per heavy atom. The molecule has 1 heterocycles. The van der Waals surface area contributed by atoms with Crippen LogP contribution < -0.4 is 15.2 Å². The van der Waals surface area contributed by atoms with Crippen LogP contribution in [0.1, 0.15) is 30.0 Å². The molecule has 2 aliphatic rings. The molecule has 2 aromatic rings. The van der Waals surface area contributed by atoms with Crippen molar-refractivity contribution in [2.24, 2.45) is 0 Å². The van der Waals surface area contributed by atoms with Gasteiger partial charge in [0.05, 0.1) is 12.3 Å². The second kappa shape index (κ2) is 6.67. The summed E-state index contributed by atoms with van der Waals surface area (Å²) in [7, 11) is 0. The number of benzene rings is 2. The number of carbonyl (C=O) groups excluding carboxylic acids is 2. The normalized spacial score (nSPS) is 17.6. The van der Waals surface area contributed by atoms with Crippen molar-refractivity contribution in [1.29, 1.82) is 0 Å². The summed E-state index contributed by atoms with van der Waals surface area (Å²) in [5.74, 6) is -0.0367. The first kappa shape index (κ1) is 16.4. The van der Waals surface area contributed by atoms with Crippen LogP contribution >= 0.6 is 0 Å². The van der Waals surface area contributed by atoms with Crippen LogP contribution in [0.2, 0.25) is 0 Å². The van der Waals surface area contributed by atoms with E-state index in [0.29, 0.717) is 12.3 Å². The Kier molecular flexibility index (Phi) is 4.21. The lowest BCUT2D eigenvalue weighted by Gasteiger charge is -2.14. The molecule has 1 saturated heterocycles. The molecule has 0 radical (unpaired) electrons. The molecule has 1 fully saturated rings. The number of anilines is 1. The maximum absolute atomic E-state index is 12.8. The lowest BCUT2D eigenvalue weighted by Crippen LogP contribution is -2.35. The Morgan fingerprint density at radius 2 is 1.85 bits per heavy atom. The van der Waals surface area contributed by atoms with Gasteiger partial charge in [-0.25, -0.2) is 5.01 Å². The van der Waals surface area contributed by atoms with Crippen molar-refractivity contribution < 1.29 is 14.3 Å². The Hall–Kier alpha value is -3.08. The molecule has 1 aliphatic heterocycles. The first-order chi connectivity index (χ1) is 12.7. The second-order valence-electron chi connectivity index (χ2n) is 6.42. The SMILES string of the molecule is CCOc1cc2c(cc1/C=C1\C(=O)NN(c3ccccc3)C1=O)CCC2. The van der Waals surface area contributed by atoms with Gasteiger partial charge in [-0.15, -0.1) is 0 Å². The van der Waals surface area contributed by atoms with Gasteiger partial charge >= 0.3 is 0 Å². The molecule has 1 aliphatic carbocycles. The number of aryl methyl sites for hydroxylation is 2. The van der Waals surface area contributed by atoms with E-state index >= 15 is 0 Å². The third kappa shape index (κ3) is 2.86. The van der Waals surface area contributed by atoms with Crippen LogP contribution in [0, 0.1) is 0 Å². The Bertz CT molecular complexity index is 903. The topological polar surface area (TPSA) is 58.6 Å². The van der Waals surface area contributed by atoms with E-state index in [9.17, 15) is 9.59 Å². The minimum atomic E-state index is -0.401. The minimum Gasteiger partial charge on any atom is -0.493 e. The molecule has 132 valence electrons. The van der Waals surface area contributed by atoms with Gasteiger partial charge in [0.2, 0.25) is 0 Å². The predicted molar refractivity (Wildman–Crippen MR) is 99.7 cm³/mol. The first-order valence-electron chi connectivity index (χ1n) is 8.88. The lowest BCUT2D eigenvalue weighted by atomic mass is 10.0. The molecular formula is C21H20N2O3. The Morgan fingerprint density at radius 1 is 1.12 bits per heavy atom. The number of amides is 2. The van der Waals surface area contributed by atoms with Gasteiger partial charge in [0.15, 0.2) is 0 Å². The van der Waals surface area contributed by atoms with Gasteiger partial charge in [0, 0.05) is 5.56 Å². The maximum Gasteiger partial charge on any atom is 0.282 e. The fourth-order valence-electron chi connectivity index (χ4n) is 3.49. The van der Waals surface area contributed by atoms with Gasteiger partial charge in [0.1, 0.15) is 11.3 Å². The smallest absolute Gasteiger partial charge is 0.282 e. The van der Waals surface area contributed by atoms with Gasteiger partial charge < -0.3 is 4.74 Å². The monoisotopic (exact) mass is 348 g/mol. The number of nitrogens with zero attached hydrogens (tertiary/aromatic N) is 1. The standard InChI is InChI=1S/C21H20N2O3/c1-2-26-19-13-15-8-6-7-14(15)11-16(19)12-18-20(24)22-23(21(18)25)17-9-4-3-5-10-17/h3-5,9-13H,2,6-8H2,1H3,(H,22,24)/b18-12+. The van der Waals surface area contributed by atoms with Crippen molar-refractivity contribution in [3.05, 3.63) is 64.7 Å². The molecule has 0 unspecified atom stereocenters. The summed E-state index contributed by atoms with van der Waals surface area (Å²) in [5, 5.41) is 1.28. The minimum absolute atomic E-state index is 0.118. The van der Waals surface area contributed by atoms with Crippen LogP contribution in [-0.4, -0.2) is 18.4 Å². The molecule has 0 aromatic heterocycles. The number of hydrazine groups is 1. The Balaban J connectivity index is 1.72. The average Bonchev–Trinajstić information content (AvgIpc) is 3.22. The molecule has 5 heteroatoms. The fourth-order valence-corrected chi connectivity index (χ4v) is 3.49. The molecule has 0 atom stereocenters. The zero-order chi connectivity index (χ0) is 18.1. The number of fused-ring (bicyclic) bond motifs is 1. The summed E-state index contributed by atoms with van der Waals surface area (Å²) in [6.45, 7) is 2.46. The zero-order valence-electron chi connectivity index (χ0n) is 14.6. The van der Waals surface area contributed by atoms with Gasteiger partial charge in [-0.3, -0.25) is 15.0 Å². The molecule has 2 amide bonds. The fraction of sp³-hybridized carbons (Fsp3) is 0.238. The summed E-state index contributed by atoms with van der Waals surface area (Å²) in [4.78, 5) is 25.2. The van der Waals surface area contributed by atoms with Crippen LogP contribution in [0.3, 0.4) is 0 Å². The molecule has 0 spiro atoms. The molecule has 5 nitrogen and oxygen atoms in total. The Labute approximate surface area is 152 Å². The van der Waals surface area contributed by atoms with Crippen molar-refractivity contribution >= 4 is 23.6 Å².